The molecule has 1 saturated heterocycles. The molecule has 2 aromatic rings. The van der Waals surface area contributed by atoms with Crippen LogP contribution in [-0.2, 0) is 27.3 Å². The molecule has 35 heavy (non-hydrogen) atoms. The maximum Gasteiger partial charge on any atom is 0.279 e. The Hall–Kier alpha value is -2.46. The second-order valence-electron chi connectivity index (χ2n) is 8.42. The van der Waals surface area contributed by atoms with Gasteiger partial charge in [-0.05, 0) is 38.8 Å². The molecule has 194 valence electrons. The predicted molar refractivity (Wildman–Crippen MR) is 122 cm³/mol. The third-order valence-corrected chi connectivity index (χ3v) is 8.59. The van der Waals surface area contributed by atoms with E-state index in [-0.39, 0.29) is 37.7 Å². The molecule has 3 N–H and O–H groups in total. The SMILES string of the molecule is CC(C)NS(=O)(=O)N1CCC(NS(=O)(=O)c2cn(C)c(C(=O)Nc3ccc(F)c(F)c3)c2F)CC1. The molecule has 3 rings (SSSR count). The quantitative estimate of drug-likeness (QED) is 0.472. The molecule has 0 atom stereocenters. The number of nitrogens with zero attached hydrogens (tertiary/aromatic N) is 2. The van der Waals surface area contributed by atoms with Gasteiger partial charge in [-0.15, -0.1) is 0 Å². The maximum absolute atomic E-state index is 15.0. The number of amides is 1. The summed E-state index contributed by atoms with van der Waals surface area (Å²) in [6.45, 7) is 3.49. The first-order valence-corrected chi connectivity index (χ1v) is 13.5. The molecule has 0 spiro atoms. The van der Waals surface area contributed by atoms with Gasteiger partial charge in [0.2, 0.25) is 10.0 Å². The number of nitrogens with one attached hydrogen (secondary N) is 3. The summed E-state index contributed by atoms with van der Waals surface area (Å²) in [5, 5.41) is 2.20. The largest absolute Gasteiger partial charge is 0.343 e. The summed E-state index contributed by atoms with van der Waals surface area (Å²) < 4.78 is 98.7. The van der Waals surface area contributed by atoms with E-state index in [0.717, 1.165) is 22.9 Å². The van der Waals surface area contributed by atoms with Crippen LogP contribution in [0.1, 0.15) is 37.2 Å². The van der Waals surface area contributed by atoms with Gasteiger partial charge in [-0.3, -0.25) is 4.79 Å². The van der Waals surface area contributed by atoms with Gasteiger partial charge in [-0.25, -0.2) is 26.3 Å². The molecule has 0 saturated carbocycles. The number of hydrogen-bond acceptors (Lipinski definition) is 5. The molecule has 1 aromatic heterocycles. The smallest absolute Gasteiger partial charge is 0.279 e. The Morgan fingerprint density at radius 1 is 1.06 bits per heavy atom. The highest BCUT2D eigenvalue weighted by atomic mass is 32.2. The summed E-state index contributed by atoms with van der Waals surface area (Å²) in [7, 11) is -6.84. The zero-order valence-electron chi connectivity index (χ0n) is 19.2. The third kappa shape index (κ3) is 6.22. The van der Waals surface area contributed by atoms with Gasteiger partial charge in [0.05, 0.1) is 0 Å². The minimum atomic E-state index is -4.40. The Labute approximate surface area is 201 Å². The van der Waals surface area contributed by atoms with Gasteiger partial charge in [0.1, 0.15) is 10.6 Å². The molecular formula is C20H26F3N5O5S2. The Bertz CT molecular complexity index is 1320. The van der Waals surface area contributed by atoms with E-state index in [1.807, 2.05) is 0 Å². The Morgan fingerprint density at radius 3 is 2.26 bits per heavy atom. The van der Waals surface area contributed by atoms with Gasteiger partial charge in [0.15, 0.2) is 17.5 Å². The number of rotatable bonds is 8. The van der Waals surface area contributed by atoms with Crippen molar-refractivity contribution in [2.24, 2.45) is 7.05 Å². The van der Waals surface area contributed by atoms with Gasteiger partial charge < -0.3 is 9.88 Å². The lowest BCUT2D eigenvalue weighted by atomic mass is 10.1. The summed E-state index contributed by atoms with van der Waals surface area (Å²) in [6, 6.07) is 1.60. The number of anilines is 1. The minimum Gasteiger partial charge on any atom is -0.343 e. The van der Waals surface area contributed by atoms with Crippen molar-refractivity contribution in [2.45, 2.75) is 43.7 Å². The van der Waals surface area contributed by atoms with Crippen LogP contribution in [0.5, 0.6) is 0 Å². The number of aromatic nitrogens is 1. The molecule has 0 unspecified atom stereocenters. The maximum atomic E-state index is 15.0. The van der Waals surface area contributed by atoms with Crippen LogP contribution in [0.4, 0.5) is 18.9 Å². The van der Waals surface area contributed by atoms with E-state index in [4.69, 9.17) is 0 Å². The molecule has 1 aliphatic rings. The standard InChI is InChI=1S/C20H26F3N5O5S2/c1-12(2)25-35(32,33)28-8-6-13(7-9-28)26-34(30,31)17-11-27(3)19(18(17)23)20(29)24-14-4-5-15(21)16(22)10-14/h4-5,10-13,25-26H,6-9H2,1-3H3,(H,24,29). The molecule has 1 amide bonds. The molecule has 0 aliphatic carbocycles. The van der Waals surface area contributed by atoms with Crippen LogP contribution >= 0.6 is 0 Å². The van der Waals surface area contributed by atoms with E-state index in [2.05, 4.69) is 14.8 Å². The van der Waals surface area contributed by atoms with Crippen LogP contribution in [0.15, 0.2) is 29.3 Å². The number of carbonyl (C=O) groups excluding carboxylic acids is 1. The second-order valence-corrected chi connectivity index (χ2v) is 11.8. The number of aryl methyl sites for hydroxylation is 1. The van der Waals surface area contributed by atoms with E-state index in [0.29, 0.717) is 6.07 Å². The number of benzene rings is 1. The molecule has 1 fully saturated rings. The molecule has 0 bridgehead atoms. The van der Waals surface area contributed by atoms with Crippen molar-refractivity contribution in [3.8, 4) is 0 Å². The summed E-state index contributed by atoms with van der Waals surface area (Å²) in [4.78, 5) is 11.7. The average Bonchev–Trinajstić information content (AvgIpc) is 3.05. The first kappa shape index (κ1) is 27.1. The lowest BCUT2D eigenvalue weighted by Crippen LogP contribution is -2.50. The molecule has 0 radical (unpaired) electrons. The number of halogens is 3. The monoisotopic (exact) mass is 537 g/mol. The van der Waals surface area contributed by atoms with Gasteiger partial charge >= 0.3 is 0 Å². The van der Waals surface area contributed by atoms with Gasteiger partial charge in [-0.1, -0.05) is 0 Å². The van der Waals surface area contributed by atoms with Crippen LogP contribution in [0.2, 0.25) is 0 Å². The van der Waals surface area contributed by atoms with E-state index in [1.165, 1.54) is 11.4 Å². The van der Waals surface area contributed by atoms with Gasteiger partial charge in [0, 0.05) is 50.2 Å². The van der Waals surface area contributed by atoms with E-state index < -0.39 is 60.2 Å². The average molecular weight is 538 g/mol. The van der Waals surface area contributed by atoms with Crippen LogP contribution in [-0.4, -0.2) is 56.8 Å². The predicted octanol–water partition coefficient (Wildman–Crippen LogP) is 1.68. The first-order valence-electron chi connectivity index (χ1n) is 10.6. The van der Waals surface area contributed by atoms with Crippen LogP contribution in [0.25, 0.3) is 0 Å². The molecular weight excluding hydrogens is 511 g/mol. The fraction of sp³-hybridized carbons (Fsp3) is 0.450. The van der Waals surface area contributed by atoms with Crippen molar-refractivity contribution in [2.75, 3.05) is 18.4 Å². The van der Waals surface area contributed by atoms with Crippen molar-refractivity contribution in [3.05, 3.63) is 47.5 Å². The second kappa shape index (κ2) is 10.3. The zero-order valence-corrected chi connectivity index (χ0v) is 20.8. The van der Waals surface area contributed by atoms with E-state index in [1.54, 1.807) is 13.8 Å². The fourth-order valence-corrected chi connectivity index (χ4v) is 6.52. The van der Waals surface area contributed by atoms with Crippen LogP contribution < -0.4 is 14.8 Å². The van der Waals surface area contributed by atoms with Crippen molar-refractivity contribution in [3.63, 3.8) is 0 Å². The van der Waals surface area contributed by atoms with Crippen LogP contribution in [0.3, 0.4) is 0 Å². The van der Waals surface area contributed by atoms with Crippen molar-refractivity contribution >= 4 is 31.8 Å². The summed E-state index contributed by atoms with van der Waals surface area (Å²) in [5.74, 6) is -4.73. The van der Waals surface area contributed by atoms with E-state index >= 15 is 4.39 Å². The van der Waals surface area contributed by atoms with Crippen LogP contribution in [0, 0.1) is 17.5 Å². The Morgan fingerprint density at radius 2 is 1.69 bits per heavy atom. The molecule has 15 heteroatoms. The third-order valence-electron chi connectivity index (χ3n) is 5.27. The highest BCUT2D eigenvalue weighted by molar-refractivity contribution is 7.89. The Balaban J connectivity index is 1.72. The molecule has 1 aliphatic heterocycles. The Kier molecular flexibility index (Phi) is 7.96. The van der Waals surface area contributed by atoms with E-state index in [9.17, 15) is 30.4 Å². The summed E-state index contributed by atoms with van der Waals surface area (Å²) in [6.07, 6.45) is 1.25. The minimum absolute atomic E-state index is 0.0639. The zero-order chi connectivity index (χ0) is 26.1. The number of hydrogen-bond donors (Lipinski definition) is 3. The molecule has 1 aromatic carbocycles. The fourth-order valence-electron chi connectivity index (χ4n) is 3.65. The van der Waals surface area contributed by atoms with Crippen molar-refractivity contribution < 1.29 is 34.8 Å². The number of carbonyl (C=O) groups is 1. The summed E-state index contributed by atoms with van der Waals surface area (Å²) >= 11 is 0. The molecule has 2 heterocycles. The lowest BCUT2D eigenvalue weighted by Gasteiger charge is -2.31. The first-order chi connectivity index (χ1) is 16.2. The van der Waals surface area contributed by atoms with Crippen molar-refractivity contribution in [1.82, 2.24) is 18.3 Å². The van der Waals surface area contributed by atoms with Gasteiger partial charge in [0.25, 0.3) is 16.1 Å². The number of sulfonamides is 1. The lowest BCUT2D eigenvalue weighted by molar-refractivity contribution is 0.101. The van der Waals surface area contributed by atoms with Crippen molar-refractivity contribution in [1.29, 1.82) is 0 Å². The van der Waals surface area contributed by atoms with Gasteiger partial charge in [-0.2, -0.15) is 17.4 Å². The number of piperidine rings is 1. The normalized spacial score (nSPS) is 16.1. The molecule has 10 nitrogen and oxygen atoms in total. The highest BCUT2D eigenvalue weighted by Gasteiger charge is 2.33. The highest BCUT2D eigenvalue weighted by Crippen LogP contribution is 2.23. The topological polar surface area (TPSA) is 130 Å². The summed E-state index contributed by atoms with van der Waals surface area (Å²) in [5.41, 5.74) is -0.776.